The van der Waals surface area contributed by atoms with E-state index in [1.165, 1.54) is 11.8 Å². The van der Waals surface area contributed by atoms with Crippen molar-refractivity contribution >= 4 is 34.0 Å². The number of aryl methyl sites for hydroxylation is 1. The van der Waals surface area contributed by atoms with E-state index in [2.05, 4.69) is 10.0 Å². The molecule has 0 amide bonds. The van der Waals surface area contributed by atoms with E-state index < -0.39 is 0 Å². The molecular formula is C11H13N3OS2. The van der Waals surface area contributed by atoms with E-state index in [0.29, 0.717) is 22.4 Å². The minimum atomic E-state index is 0.515. The maximum absolute atomic E-state index is 8.53. The summed E-state index contributed by atoms with van der Waals surface area (Å²) in [5.41, 5.74) is 11.1. The average molecular weight is 267 g/mol. The van der Waals surface area contributed by atoms with Gasteiger partial charge in [-0.3, -0.25) is 0 Å². The number of hydrogen-bond donors (Lipinski definition) is 0. The normalized spacial score (nSPS) is 9.53. The summed E-state index contributed by atoms with van der Waals surface area (Å²) in [7, 11) is 0. The van der Waals surface area contributed by atoms with Crippen molar-refractivity contribution in [2.75, 3.05) is 6.61 Å². The predicted octanol–water partition coefficient (Wildman–Crippen LogP) is 4.49. The number of rotatable bonds is 4. The van der Waals surface area contributed by atoms with Crippen molar-refractivity contribution in [3.8, 4) is 0 Å². The molecule has 1 rings (SSSR count). The Morgan fingerprint density at radius 2 is 2.35 bits per heavy atom. The second-order valence-corrected chi connectivity index (χ2v) is 4.82. The molecule has 0 aliphatic rings. The Hall–Kier alpha value is -1.23. The second kappa shape index (κ2) is 7.17. The smallest absolute Gasteiger partial charge is 0.220 e. The van der Waals surface area contributed by atoms with Gasteiger partial charge >= 0.3 is 0 Å². The summed E-state index contributed by atoms with van der Waals surface area (Å²) in [6.45, 7) is 4.38. The van der Waals surface area contributed by atoms with Crippen LogP contribution >= 0.6 is 24.0 Å². The molecule has 0 aliphatic heterocycles. The van der Waals surface area contributed by atoms with Gasteiger partial charge in [-0.05, 0) is 42.7 Å². The quantitative estimate of drug-likeness (QED) is 0.349. The van der Waals surface area contributed by atoms with E-state index in [-0.39, 0.29) is 0 Å². The number of benzene rings is 1. The number of hydrogen-bond acceptors (Lipinski definition) is 4. The third kappa shape index (κ3) is 4.26. The zero-order chi connectivity index (χ0) is 12.7. The fraction of sp³-hybridized carbons (Fsp3) is 0.364. The Balaban J connectivity index is 2.80. The molecule has 6 heteroatoms. The molecule has 0 saturated heterocycles. The first kappa shape index (κ1) is 13.8. The molecule has 0 aromatic heterocycles. The molecule has 0 spiro atoms. The third-order valence-electron chi connectivity index (χ3n) is 2.07. The van der Waals surface area contributed by atoms with Gasteiger partial charge in [-0.1, -0.05) is 35.1 Å². The molecule has 1 aromatic rings. The molecule has 0 radical (unpaired) electrons. The lowest BCUT2D eigenvalue weighted by Gasteiger charge is -2.08. The van der Waals surface area contributed by atoms with E-state index >= 15 is 0 Å². The summed E-state index contributed by atoms with van der Waals surface area (Å²) in [5.74, 6) is 0.648. The number of azide groups is 1. The Labute approximate surface area is 110 Å². The largest absolute Gasteiger partial charge is 0.479 e. The van der Waals surface area contributed by atoms with Gasteiger partial charge in [0.05, 0.1) is 6.61 Å². The Bertz CT molecular complexity index is 456. The van der Waals surface area contributed by atoms with Crippen molar-refractivity contribution in [3.63, 3.8) is 0 Å². The zero-order valence-corrected chi connectivity index (χ0v) is 11.3. The topological polar surface area (TPSA) is 58.0 Å². The highest BCUT2D eigenvalue weighted by atomic mass is 32.2. The van der Waals surface area contributed by atoms with Gasteiger partial charge in [0, 0.05) is 16.4 Å². The van der Waals surface area contributed by atoms with Crippen LogP contribution in [0.4, 0.5) is 5.69 Å². The van der Waals surface area contributed by atoms with Gasteiger partial charge < -0.3 is 4.74 Å². The van der Waals surface area contributed by atoms with Crippen LogP contribution in [0, 0.1) is 6.92 Å². The first-order chi connectivity index (χ1) is 8.19. The Morgan fingerprint density at radius 3 is 3.00 bits per heavy atom. The number of nitrogens with zero attached hydrogens (tertiary/aromatic N) is 3. The van der Waals surface area contributed by atoms with Crippen LogP contribution in [-0.2, 0) is 10.5 Å². The maximum Gasteiger partial charge on any atom is 0.220 e. The summed E-state index contributed by atoms with van der Waals surface area (Å²) < 4.78 is 5.70. The van der Waals surface area contributed by atoms with E-state index in [1.54, 1.807) is 0 Å². The molecule has 90 valence electrons. The maximum atomic E-state index is 8.53. The molecule has 0 atom stereocenters. The molecule has 0 heterocycles. The molecule has 0 aliphatic carbocycles. The minimum absolute atomic E-state index is 0.515. The van der Waals surface area contributed by atoms with Gasteiger partial charge in [-0.2, -0.15) is 0 Å². The van der Waals surface area contributed by atoms with Crippen LogP contribution in [0.15, 0.2) is 23.3 Å². The van der Waals surface area contributed by atoms with E-state index in [0.717, 1.165) is 11.1 Å². The van der Waals surface area contributed by atoms with Gasteiger partial charge in [0.15, 0.2) is 0 Å². The summed E-state index contributed by atoms with van der Waals surface area (Å²) in [6, 6.07) is 5.78. The Kier molecular flexibility index (Phi) is 5.83. The van der Waals surface area contributed by atoms with Crippen molar-refractivity contribution in [1.29, 1.82) is 0 Å². The molecule has 17 heavy (non-hydrogen) atoms. The van der Waals surface area contributed by atoms with Crippen molar-refractivity contribution < 1.29 is 4.74 Å². The van der Waals surface area contributed by atoms with Crippen LogP contribution in [0.3, 0.4) is 0 Å². The van der Waals surface area contributed by atoms with Crippen molar-refractivity contribution in [3.05, 3.63) is 39.8 Å². The molecule has 0 saturated carbocycles. The zero-order valence-electron chi connectivity index (χ0n) is 9.71. The van der Waals surface area contributed by atoms with E-state index in [4.69, 9.17) is 22.5 Å². The summed E-state index contributed by atoms with van der Waals surface area (Å²) in [5, 5.41) is 3.71. The lowest BCUT2D eigenvalue weighted by Crippen LogP contribution is -1.96. The highest BCUT2D eigenvalue weighted by Gasteiger charge is 2.06. The second-order valence-electron chi connectivity index (χ2n) is 3.24. The number of thioether (sulfide) groups is 1. The van der Waals surface area contributed by atoms with Gasteiger partial charge in [0.25, 0.3) is 0 Å². The van der Waals surface area contributed by atoms with Crippen LogP contribution < -0.4 is 0 Å². The minimum Gasteiger partial charge on any atom is -0.479 e. The van der Waals surface area contributed by atoms with Crippen LogP contribution in [0.1, 0.15) is 18.1 Å². The standard InChI is InChI=1S/C11H13N3OS2/c1-3-15-11(16)17-7-9-6-4-5-8(2)10(9)13-14-12/h4-6H,3,7H2,1-2H3. The molecule has 4 nitrogen and oxygen atoms in total. The predicted molar refractivity (Wildman–Crippen MR) is 75.5 cm³/mol. The monoisotopic (exact) mass is 267 g/mol. The van der Waals surface area contributed by atoms with E-state index in [9.17, 15) is 0 Å². The van der Waals surface area contributed by atoms with Crippen molar-refractivity contribution in [2.24, 2.45) is 5.11 Å². The molecule has 0 unspecified atom stereocenters. The first-order valence-electron chi connectivity index (χ1n) is 5.12. The van der Waals surface area contributed by atoms with Crippen molar-refractivity contribution in [2.45, 2.75) is 19.6 Å². The van der Waals surface area contributed by atoms with Gasteiger partial charge in [0.1, 0.15) is 0 Å². The van der Waals surface area contributed by atoms with E-state index in [1.807, 2.05) is 32.0 Å². The third-order valence-corrected chi connectivity index (χ3v) is 3.35. The molecule has 1 aromatic carbocycles. The molecule has 0 bridgehead atoms. The summed E-state index contributed by atoms with van der Waals surface area (Å²) in [4.78, 5) is 2.84. The molecule has 0 N–H and O–H groups in total. The van der Waals surface area contributed by atoms with Gasteiger partial charge in [-0.25, -0.2) is 0 Å². The summed E-state index contributed by atoms with van der Waals surface area (Å²) >= 11 is 6.46. The number of thiocarbonyl (C=S) groups is 1. The lowest BCUT2D eigenvalue weighted by atomic mass is 10.1. The SMILES string of the molecule is CCOC(=S)SCc1cccc(C)c1N=[N+]=[N-]. The fourth-order valence-electron chi connectivity index (χ4n) is 1.32. The fourth-order valence-corrected chi connectivity index (χ4v) is 2.32. The Morgan fingerprint density at radius 1 is 1.59 bits per heavy atom. The average Bonchev–Trinajstić information content (AvgIpc) is 2.30. The highest BCUT2D eigenvalue weighted by molar-refractivity contribution is 8.22. The van der Waals surface area contributed by atoms with Crippen LogP contribution in [-0.4, -0.2) is 11.0 Å². The van der Waals surface area contributed by atoms with Crippen LogP contribution in [0.25, 0.3) is 10.4 Å². The highest BCUT2D eigenvalue weighted by Crippen LogP contribution is 2.28. The molecular weight excluding hydrogens is 254 g/mol. The van der Waals surface area contributed by atoms with Gasteiger partial charge in [-0.15, -0.1) is 0 Å². The number of ether oxygens (including phenoxy) is 1. The van der Waals surface area contributed by atoms with Crippen LogP contribution in [0.5, 0.6) is 0 Å². The molecule has 0 fully saturated rings. The first-order valence-corrected chi connectivity index (χ1v) is 6.51. The van der Waals surface area contributed by atoms with Crippen LogP contribution in [0.2, 0.25) is 0 Å². The lowest BCUT2D eigenvalue weighted by molar-refractivity contribution is 0.346. The van der Waals surface area contributed by atoms with Gasteiger partial charge in [0.2, 0.25) is 4.38 Å². The summed E-state index contributed by atoms with van der Waals surface area (Å²) in [6.07, 6.45) is 0. The van der Waals surface area contributed by atoms with Crippen molar-refractivity contribution in [1.82, 2.24) is 0 Å².